The maximum absolute atomic E-state index is 13.3. The van der Waals surface area contributed by atoms with Gasteiger partial charge in [0, 0.05) is 18.2 Å². The van der Waals surface area contributed by atoms with Crippen LogP contribution in [-0.4, -0.2) is 26.2 Å². The summed E-state index contributed by atoms with van der Waals surface area (Å²) in [5.74, 6) is 0.317. The zero-order chi connectivity index (χ0) is 23.4. The van der Waals surface area contributed by atoms with Gasteiger partial charge in [-0.2, -0.15) is 0 Å². The first kappa shape index (κ1) is 22.6. The van der Waals surface area contributed by atoms with Gasteiger partial charge in [0.05, 0.1) is 28.3 Å². The van der Waals surface area contributed by atoms with Gasteiger partial charge in [0.1, 0.15) is 12.4 Å². The van der Waals surface area contributed by atoms with E-state index >= 15 is 0 Å². The van der Waals surface area contributed by atoms with E-state index in [4.69, 9.17) is 25.5 Å². The topological polar surface area (TPSA) is 77.8 Å². The molecule has 0 spiro atoms. The van der Waals surface area contributed by atoms with Gasteiger partial charge in [-0.25, -0.2) is 0 Å². The average Bonchev–Trinajstić information content (AvgIpc) is 2.83. The molecule has 4 rings (SSSR count). The molecule has 1 aromatic heterocycles. The number of amides is 1. The van der Waals surface area contributed by atoms with Crippen LogP contribution in [0, 0.1) is 6.92 Å². The van der Waals surface area contributed by atoms with Gasteiger partial charge in [-0.3, -0.25) is 9.59 Å². The van der Waals surface area contributed by atoms with Crippen LogP contribution in [0.4, 0.5) is 5.69 Å². The Kier molecular flexibility index (Phi) is 6.77. The number of rotatable bonds is 7. The van der Waals surface area contributed by atoms with Crippen LogP contribution in [0.15, 0.2) is 75.9 Å². The van der Waals surface area contributed by atoms with E-state index < -0.39 is 5.91 Å². The van der Waals surface area contributed by atoms with E-state index in [9.17, 15) is 9.59 Å². The molecule has 1 heterocycles. The van der Waals surface area contributed by atoms with Crippen molar-refractivity contribution in [2.75, 3.05) is 25.6 Å². The minimum atomic E-state index is -0.453. The number of fused-ring (bicyclic) bond motifs is 1. The smallest absolute Gasteiger partial charge is 0.259 e. The maximum Gasteiger partial charge on any atom is 0.259 e. The number of halogens is 1. The molecular weight excluding hydrogens is 442 g/mol. The molecule has 1 amide bonds. The maximum atomic E-state index is 13.3. The van der Waals surface area contributed by atoms with Gasteiger partial charge in [-0.15, -0.1) is 0 Å². The Hall–Kier alpha value is -3.61. The molecule has 0 aliphatic heterocycles. The molecule has 0 saturated heterocycles. The summed E-state index contributed by atoms with van der Waals surface area (Å²) in [6, 6.07) is 19.3. The highest BCUT2D eigenvalue weighted by Gasteiger charge is 2.20. The highest BCUT2D eigenvalue weighted by Crippen LogP contribution is 2.34. The first-order valence-corrected chi connectivity index (χ1v) is 10.7. The van der Waals surface area contributed by atoms with Crippen molar-refractivity contribution < 1.29 is 18.7 Å². The van der Waals surface area contributed by atoms with Gasteiger partial charge in [0.25, 0.3) is 5.91 Å². The predicted octanol–water partition coefficient (Wildman–Crippen LogP) is 5.70. The Morgan fingerprint density at radius 2 is 1.76 bits per heavy atom. The van der Waals surface area contributed by atoms with Crippen LogP contribution < -0.4 is 15.5 Å². The molecule has 0 fully saturated rings. The van der Waals surface area contributed by atoms with Crippen LogP contribution in [0.2, 0.25) is 5.02 Å². The average molecular weight is 464 g/mol. The molecule has 7 heteroatoms. The monoisotopic (exact) mass is 463 g/mol. The molecule has 0 radical (unpaired) electrons. The Morgan fingerprint density at radius 3 is 2.52 bits per heavy atom. The fourth-order valence-corrected chi connectivity index (χ4v) is 3.75. The van der Waals surface area contributed by atoms with Crippen LogP contribution in [0.5, 0.6) is 5.75 Å². The molecule has 1 N–H and O–H groups in total. The number of hydrogen-bond donors (Lipinski definition) is 1. The van der Waals surface area contributed by atoms with Crippen molar-refractivity contribution in [1.29, 1.82) is 0 Å². The number of para-hydroxylation sites is 2. The zero-order valence-electron chi connectivity index (χ0n) is 18.2. The Balaban J connectivity index is 1.77. The van der Waals surface area contributed by atoms with Gasteiger partial charge in [-0.05, 0) is 31.2 Å². The van der Waals surface area contributed by atoms with Crippen LogP contribution in [0.1, 0.15) is 15.9 Å². The lowest BCUT2D eigenvalue weighted by Crippen LogP contribution is -2.16. The van der Waals surface area contributed by atoms with Crippen molar-refractivity contribution in [1.82, 2.24) is 0 Å². The van der Waals surface area contributed by atoms with Gasteiger partial charge in [0.2, 0.25) is 0 Å². The molecule has 0 aliphatic carbocycles. The van der Waals surface area contributed by atoms with E-state index in [1.807, 2.05) is 30.3 Å². The normalized spacial score (nSPS) is 10.9. The van der Waals surface area contributed by atoms with Crippen LogP contribution in [-0.2, 0) is 4.74 Å². The highest BCUT2D eigenvalue weighted by atomic mass is 35.5. The fourth-order valence-electron chi connectivity index (χ4n) is 3.52. The standard InChI is InChI=1S/C26H22ClNO5/c1-16-22(29)18-10-6-11-19(24(18)33-23(16)17-8-4-3-5-9-17)26(30)28-21-13-7-12-20(27)25(21)32-15-14-31-2/h3-13H,14-15H2,1-2H3,(H,28,30). The number of methoxy groups -OCH3 is 1. The summed E-state index contributed by atoms with van der Waals surface area (Å²) in [4.78, 5) is 26.3. The lowest BCUT2D eigenvalue weighted by atomic mass is 10.0. The second-order valence-corrected chi connectivity index (χ2v) is 7.75. The quantitative estimate of drug-likeness (QED) is 0.356. The Bertz CT molecular complexity index is 1360. The molecule has 0 unspecified atom stereocenters. The molecule has 0 aliphatic rings. The molecule has 0 bridgehead atoms. The molecule has 0 atom stereocenters. The van der Waals surface area contributed by atoms with Crippen LogP contribution in [0.3, 0.4) is 0 Å². The SMILES string of the molecule is COCCOc1c(Cl)cccc1NC(=O)c1cccc2c(=O)c(C)c(-c3ccccc3)oc12. The number of ether oxygens (including phenoxy) is 2. The van der Waals surface area contributed by atoms with Gasteiger partial charge in [-0.1, -0.05) is 54.1 Å². The molecule has 4 aromatic rings. The van der Waals surface area contributed by atoms with Crippen LogP contribution >= 0.6 is 11.6 Å². The van der Waals surface area contributed by atoms with Crippen molar-refractivity contribution in [3.05, 3.63) is 93.1 Å². The minimum Gasteiger partial charge on any atom is -0.487 e. The summed E-state index contributed by atoms with van der Waals surface area (Å²) in [6.45, 7) is 2.36. The van der Waals surface area contributed by atoms with E-state index in [0.717, 1.165) is 5.56 Å². The lowest BCUT2D eigenvalue weighted by molar-refractivity contribution is 0.102. The van der Waals surface area contributed by atoms with E-state index in [1.165, 1.54) is 0 Å². The largest absolute Gasteiger partial charge is 0.487 e. The number of carbonyl (C=O) groups is 1. The fraction of sp³-hybridized carbons (Fsp3) is 0.154. The molecule has 168 valence electrons. The van der Waals surface area contributed by atoms with Crippen molar-refractivity contribution in [3.8, 4) is 17.1 Å². The number of anilines is 1. The highest BCUT2D eigenvalue weighted by molar-refractivity contribution is 6.32. The predicted molar refractivity (Wildman–Crippen MR) is 129 cm³/mol. The molecule has 0 saturated carbocycles. The number of nitrogens with one attached hydrogen (secondary N) is 1. The van der Waals surface area contributed by atoms with Gasteiger partial charge >= 0.3 is 0 Å². The first-order valence-electron chi connectivity index (χ1n) is 10.3. The van der Waals surface area contributed by atoms with Gasteiger partial charge < -0.3 is 19.2 Å². The van der Waals surface area contributed by atoms with Crippen molar-refractivity contribution in [3.63, 3.8) is 0 Å². The summed E-state index contributed by atoms with van der Waals surface area (Å²) < 4.78 is 16.9. The summed E-state index contributed by atoms with van der Waals surface area (Å²) in [5.41, 5.74) is 1.90. The second-order valence-electron chi connectivity index (χ2n) is 7.35. The van der Waals surface area contributed by atoms with Crippen LogP contribution in [0.25, 0.3) is 22.3 Å². The summed E-state index contributed by atoms with van der Waals surface area (Å²) in [7, 11) is 1.57. The van der Waals surface area contributed by atoms with Crippen molar-refractivity contribution >= 4 is 34.2 Å². The number of carbonyl (C=O) groups excluding carboxylic acids is 1. The number of benzene rings is 3. The van der Waals surface area contributed by atoms with E-state index in [1.54, 1.807) is 50.4 Å². The lowest BCUT2D eigenvalue weighted by Gasteiger charge is -2.15. The molecule has 6 nitrogen and oxygen atoms in total. The summed E-state index contributed by atoms with van der Waals surface area (Å²) in [5, 5.41) is 3.52. The molecule has 33 heavy (non-hydrogen) atoms. The third-order valence-electron chi connectivity index (χ3n) is 5.17. The molecule has 3 aromatic carbocycles. The van der Waals surface area contributed by atoms with Crippen molar-refractivity contribution in [2.24, 2.45) is 0 Å². The molecular formula is C26H22ClNO5. The first-order chi connectivity index (χ1) is 16.0. The summed E-state index contributed by atoms with van der Waals surface area (Å²) in [6.07, 6.45) is 0. The van der Waals surface area contributed by atoms with Gasteiger partial charge in [0.15, 0.2) is 16.8 Å². The third kappa shape index (κ3) is 4.62. The third-order valence-corrected chi connectivity index (χ3v) is 5.47. The Morgan fingerprint density at radius 1 is 1.00 bits per heavy atom. The second kappa shape index (κ2) is 9.90. The minimum absolute atomic E-state index is 0.184. The summed E-state index contributed by atoms with van der Waals surface area (Å²) >= 11 is 6.28. The van der Waals surface area contributed by atoms with E-state index in [-0.39, 0.29) is 23.2 Å². The zero-order valence-corrected chi connectivity index (χ0v) is 18.9. The Labute approximate surface area is 195 Å². The number of hydrogen-bond acceptors (Lipinski definition) is 5. The van der Waals surface area contributed by atoms with E-state index in [0.29, 0.717) is 39.8 Å². The van der Waals surface area contributed by atoms with Crippen molar-refractivity contribution in [2.45, 2.75) is 6.92 Å². The van der Waals surface area contributed by atoms with E-state index in [2.05, 4.69) is 5.32 Å².